The molecule has 0 atom stereocenters. The van der Waals surface area contributed by atoms with E-state index in [1.54, 1.807) is 23.5 Å². The normalized spacial score (nSPS) is 10.8. The number of hydrogen-bond donors (Lipinski definition) is 1. The van der Waals surface area contributed by atoms with E-state index in [4.69, 9.17) is 4.74 Å². The molecule has 2 heterocycles. The minimum absolute atomic E-state index is 0.244. The molecule has 1 N–H and O–H groups in total. The zero-order valence-electron chi connectivity index (χ0n) is 10.3. The first-order valence-corrected chi connectivity index (χ1v) is 6.63. The zero-order chi connectivity index (χ0) is 13.2. The summed E-state index contributed by atoms with van der Waals surface area (Å²) in [5, 5.41) is 5.12. The van der Waals surface area contributed by atoms with Gasteiger partial charge < -0.3 is 10.1 Å². The Morgan fingerprint density at radius 3 is 3.11 bits per heavy atom. The molecule has 6 heteroatoms. The van der Waals surface area contributed by atoms with E-state index in [0.717, 1.165) is 10.7 Å². The van der Waals surface area contributed by atoms with Crippen LogP contribution in [0, 0.1) is 5.82 Å². The van der Waals surface area contributed by atoms with Crippen molar-refractivity contribution in [2.45, 2.75) is 6.54 Å². The number of halogens is 1. The van der Waals surface area contributed by atoms with Crippen LogP contribution in [-0.4, -0.2) is 16.5 Å². The van der Waals surface area contributed by atoms with Gasteiger partial charge in [0.2, 0.25) is 0 Å². The number of aromatic nitrogens is 2. The molecule has 3 rings (SSSR count). The van der Waals surface area contributed by atoms with Crippen LogP contribution in [0.15, 0.2) is 36.0 Å². The number of hydrogen-bond acceptors (Lipinski definition) is 4. The quantitative estimate of drug-likeness (QED) is 0.796. The van der Waals surface area contributed by atoms with E-state index in [0.29, 0.717) is 12.2 Å². The highest BCUT2D eigenvalue weighted by molar-refractivity contribution is 7.15. The number of methoxy groups -OCH3 is 1. The summed E-state index contributed by atoms with van der Waals surface area (Å²) in [6, 6.07) is 4.79. The molecule has 3 aromatic rings. The van der Waals surface area contributed by atoms with Crippen LogP contribution in [0.5, 0.6) is 5.75 Å². The van der Waals surface area contributed by atoms with Crippen LogP contribution in [0.2, 0.25) is 0 Å². The van der Waals surface area contributed by atoms with Crippen molar-refractivity contribution in [3.8, 4) is 5.75 Å². The van der Waals surface area contributed by atoms with Crippen LogP contribution < -0.4 is 10.1 Å². The first-order valence-electron chi connectivity index (χ1n) is 5.75. The lowest BCUT2D eigenvalue weighted by molar-refractivity contribution is 0.386. The summed E-state index contributed by atoms with van der Waals surface area (Å²) in [4.78, 5) is 5.40. The molecular formula is C13H12FN3OS. The highest BCUT2D eigenvalue weighted by Crippen LogP contribution is 2.21. The number of fused-ring (bicyclic) bond motifs is 1. The highest BCUT2D eigenvalue weighted by Gasteiger charge is 2.05. The van der Waals surface area contributed by atoms with Gasteiger partial charge in [-0.05, 0) is 12.1 Å². The summed E-state index contributed by atoms with van der Waals surface area (Å²) in [5.74, 6) is -0.133. The lowest BCUT2D eigenvalue weighted by atomic mass is 10.3. The van der Waals surface area contributed by atoms with E-state index >= 15 is 0 Å². The predicted molar refractivity (Wildman–Crippen MR) is 73.3 cm³/mol. The van der Waals surface area contributed by atoms with Gasteiger partial charge in [-0.15, -0.1) is 11.3 Å². The average molecular weight is 277 g/mol. The second-order valence-electron chi connectivity index (χ2n) is 4.03. The van der Waals surface area contributed by atoms with Crippen molar-refractivity contribution in [3.63, 3.8) is 0 Å². The maximum atomic E-state index is 13.5. The molecule has 0 radical (unpaired) electrons. The van der Waals surface area contributed by atoms with E-state index < -0.39 is 0 Å². The van der Waals surface area contributed by atoms with Gasteiger partial charge in [0.25, 0.3) is 0 Å². The molecule has 0 amide bonds. The molecule has 0 aliphatic heterocycles. The molecule has 4 nitrogen and oxygen atoms in total. The number of anilines is 1. The minimum atomic E-state index is -0.377. The molecule has 0 spiro atoms. The van der Waals surface area contributed by atoms with E-state index in [9.17, 15) is 4.39 Å². The van der Waals surface area contributed by atoms with Crippen molar-refractivity contribution in [2.24, 2.45) is 0 Å². The summed E-state index contributed by atoms with van der Waals surface area (Å²) < 4.78 is 20.4. The standard InChI is InChI=1S/C13H12FN3OS/c1-18-12-3-2-9(6-11(12)14)15-7-10-8-17-4-5-19-13(17)16-10/h2-6,8,15H,7H2,1H3. The third kappa shape index (κ3) is 2.39. The molecule has 0 saturated carbocycles. The number of nitrogens with one attached hydrogen (secondary N) is 1. The van der Waals surface area contributed by atoms with Gasteiger partial charge in [-0.2, -0.15) is 0 Å². The number of benzene rings is 1. The van der Waals surface area contributed by atoms with Crippen molar-refractivity contribution in [3.05, 3.63) is 47.5 Å². The predicted octanol–water partition coefficient (Wildman–Crippen LogP) is 3.16. The molecule has 19 heavy (non-hydrogen) atoms. The van der Waals surface area contributed by atoms with Crippen LogP contribution in [0.1, 0.15) is 5.69 Å². The van der Waals surface area contributed by atoms with Gasteiger partial charge in [0, 0.05) is 29.5 Å². The fourth-order valence-corrected chi connectivity index (χ4v) is 2.55. The van der Waals surface area contributed by atoms with Crippen molar-refractivity contribution in [2.75, 3.05) is 12.4 Å². The molecule has 0 unspecified atom stereocenters. The number of thiazole rings is 1. The summed E-state index contributed by atoms with van der Waals surface area (Å²) in [6.07, 6.45) is 3.92. The fourth-order valence-electron chi connectivity index (χ4n) is 1.83. The van der Waals surface area contributed by atoms with Crippen LogP contribution >= 0.6 is 11.3 Å². The molecule has 98 valence electrons. The highest BCUT2D eigenvalue weighted by atomic mass is 32.1. The van der Waals surface area contributed by atoms with E-state index in [2.05, 4.69) is 10.3 Å². The third-order valence-electron chi connectivity index (χ3n) is 2.77. The van der Waals surface area contributed by atoms with Gasteiger partial charge in [-0.1, -0.05) is 0 Å². The van der Waals surface area contributed by atoms with Gasteiger partial charge in [-0.25, -0.2) is 9.37 Å². The van der Waals surface area contributed by atoms with E-state index in [1.807, 2.05) is 22.2 Å². The first kappa shape index (κ1) is 12.0. The summed E-state index contributed by atoms with van der Waals surface area (Å²) >= 11 is 1.58. The van der Waals surface area contributed by atoms with Crippen LogP contribution in [-0.2, 0) is 6.54 Å². The Bertz CT molecular complexity index is 678. The summed E-state index contributed by atoms with van der Waals surface area (Å²) in [6.45, 7) is 0.556. The largest absolute Gasteiger partial charge is 0.494 e. The molecule has 1 aromatic carbocycles. The Morgan fingerprint density at radius 1 is 1.47 bits per heavy atom. The Balaban J connectivity index is 1.71. The Hall–Kier alpha value is -2.08. The molecule has 0 aliphatic rings. The second kappa shape index (κ2) is 4.89. The number of imidazole rings is 1. The van der Waals surface area contributed by atoms with Crippen molar-refractivity contribution in [1.82, 2.24) is 9.38 Å². The smallest absolute Gasteiger partial charge is 0.193 e. The van der Waals surface area contributed by atoms with Gasteiger partial charge >= 0.3 is 0 Å². The first-order chi connectivity index (χ1) is 9.26. The molecule has 0 bridgehead atoms. The Kier molecular flexibility index (Phi) is 3.08. The third-order valence-corrected chi connectivity index (χ3v) is 3.54. The molecular weight excluding hydrogens is 265 g/mol. The molecule has 2 aromatic heterocycles. The number of nitrogens with zero attached hydrogens (tertiary/aromatic N) is 2. The maximum absolute atomic E-state index is 13.5. The van der Waals surface area contributed by atoms with Gasteiger partial charge in [0.1, 0.15) is 0 Å². The minimum Gasteiger partial charge on any atom is -0.494 e. The van der Waals surface area contributed by atoms with Crippen molar-refractivity contribution in [1.29, 1.82) is 0 Å². The van der Waals surface area contributed by atoms with Gasteiger partial charge in [0.05, 0.1) is 19.3 Å². The molecule has 0 aliphatic carbocycles. The number of rotatable bonds is 4. The Morgan fingerprint density at radius 2 is 2.37 bits per heavy atom. The fraction of sp³-hybridized carbons (Fsp3) is 0.154. The maximum Gasteiger partial charge on any atom is 0.193 e. The molecule has 0 saturated heterocycles. The topological polar surface area (TPSA) is 38.6 Å². The van der Waals surface area contributed by atoms with Crippen LogP contribution in [0.25, 0.3) is 4.96 Å². The van der Waals surface area contributed by atoms with E-state index in [-0.39, 0.29) is 11.6 Å². The molecule has 0 fully saturated rings. The van der Waals surface area contributed by atoms with Crippen molar-refractivity contribution < 1.29 is 9.13 Å². The lowest BCUT2D eigenvalue weighted by Crippen LogP contribution is -2.00. The van der Waals surface area contributed by atoms with Crippen molar-refractivity contribution >= 4 is 22.0 Å². The SMILES string of the molecule is COc1ccc(NCc2cn3ccsc3n2)cc1F. The number of ether oxygens (including phenoxy) is 1. The summed E-state index contributed by atoms with van der Waals surface area (Å²) in [5.41, 5.74) is 1.62. The lowest BCUT2D eigenvalue weighted by Gasteiger charge is -2.06. The Labute approximate surface area is 113 Å². The monoisotopic (exact) mass is 277 g/mol. The zero-order valence-corrected chi connectivity index (χ0v) is 11.1. The summed E-state index contributed by atoms with van der Waals surface area (Å²) in [7, 11) is 1.45. The van der Waals surface area contributed by atoms with Crippen LogP contribution in [0.4, 0.5) is 10.1 Å². The van der Waals surface area contributed by atoms with Gasteiger partial charge in [-0.3, -0.25) is 4.40 Å². The van der Waals surface area contributed by atoms with Gasteiger partial charge in [0.15, 0.2) is 16.5 Å². The van der Waals surface area contributed by atoms with E-state index in [1.165, 1.54) is 13.2 Å². The van der Waals surface area contributed by atoms with Crippen LogP contribution in [0.3, 0.4) is 0 Å². The average Bonchev–Trinajstić information content (AvgIpc) is 2.97. The second-order valence-corrected chi connectivity index (χ2v) is 4.90.